The molecule has 0 radical (unpaired) electrons. The fourth-order valence-corrected chi connectivity index (χ4v) is 1.26. The lowest BCUT2D eigenvalue weighted by atomic mass is 9.97. The summed E-state index contributed by atoms with van der Waals surface area (Å²) in [5, 5.41) is 17.5. The summed E-state index contributed by atoms with van der Waals surface area (Å²) in [6.07, 6.45) is 1.53. The van der Waals surface area contributed by atoms with Gasteiger partial charge < -0.3 is 10.2 Å². The monoisotopic (exact) mass is 206 g/mol. The normalized spacial score (nSPS) is 9.93. The molecule has 4 heteroatoms. The van der Waals surface area contributed by atoms with Crippen LogP contribution >= 0.6 is 0 Å². The Kier molecular flexibility index (Phi) is 3.23. The van der Waals surface area contributed by atoms with Gasteiger partial charge >= 0.3 is 11.9 Å². The Morgan fingerprint density at radius 1 is 1.27 bits per heavy atom. The van der Waals surface area contributed by atoms with Crippen molar-refractivity contribution in [1.82, 2.24) is 0 Å². The van der Waals surface area contributed by atoms with Crippen LogP contribution in [0.4, 0.5) is 0 Å². The molecule has 0 saturated heterocycles. The van der Waals surface area contributed by atoms with Crippen LogP contribution in [0, 0.1) is 0 Å². The highest BCUT2D eigenvalue weighted by molar-refractivity contribution is 5.99. The zero-order valence-corrected chi connectivity index (χ0v) is 7.88. The first-order valence-electron chi connectivity index (χ1n) is 4.24. The van der Waals surface area contributed by atoms with Gasteiger partial charge in [0.25, 0.3) is 0 Å². The minimum absolute atomic E-state index is 0.243. The highest BCUT2D eigenvalue weighted by Gasteiger charge is 2.27. The van der Waals surface area contributed by atoms with Gasteiger partial charge in [0.05, 0.1) is 0 Å². The van der Waals surface area contributed by atoms with Crippen molar-refractivity contribution in [2.24, 2.45) is 0 Å². The lowest BCUT2D eigenvalue weighted by molar-refractivity contribution is -0.150. The summed E-state index contributed by atoms with van der Waals surface area (Å²) in [7, 11) is 0. The number of benzene rings is 1. The third-order valence-electron chi connectivity index (χ3n) is 1.97. The van der Waals surface area contributed by atoms with Crippen molar-refractivity contribution in [1.29, 1.82) is 0 Å². The van der Waals surface area contributed by atoms with Crippen LogP contribution in [0.5, 0.6) is 0 Å². The van der Waals surface area contributed by atoms with E-state index in [-0.39, 0.29) is 5.56 Å². The Hall–Kier alpha value is -2.10. The van der Waals surface area contributed by atoms with Crippen LogP contribution in [0.1, 0.15) is 17.0 Å². The highest BCUT2D eigenvalue weighted by atomic mass is 16.4. The summed E-state index contributed by atoms with van der Waals surface area (Å²) in [6.45, 7) is 3.53. The van der Waals surface area contributed by atoms with Crippen LogP contribution in [0.2, 0.25) is 0 Å². The fraction of sp³-hybridized carbons (Fsp3) is 0.0909. The Labute approximate surface area is 86.5 Å². The largest absolute Gasteiger partial charge is 0.480 e. The minimum Gasteiger partial charge on any atom is -0.480 e. The number of rotatable bonds is 4. The SMILES string of the molecule is C=Cc1cccc(C(C(=O)O)C(=O)O)c1. The molecule has 0 fully saturated rings. The molecule has 78 valence electrons. The maximum absolute atomic E-state index is 10.7. The molecular formula is C11H10O4. The second-order valence-corrected chi connectivity index (χ2v) is 2.98. The summed E-state index contributed by atoms with van der Waals surface area (Å²) >= 11 is 0. The molecule has 1 rings (SSSR count). The van der Waals surface area contributed by atoms with Crippen LogP contribution in [0.3, 0.4) is 0 Å². The van der Waals surface area contributed by atoms with E-state index in [1.807, 2.05) is 0 Å². The number of aliphatic carboxylic acids is 2. The smallest absolute Gasteiger partial charge is 0.322 e. The first kappa shape index (κ1) is 11.0. The molecule has 0 spiro atoms. The van der Waals surface area contributed by atoms with Gasteiger partial charge in [0.15, 0.2) is 5.92 Å². The second kappa shape index (κ2) is 4.41. The average molecular weight is 206 g/mol. The van der Waals surface area contributed by atoms with Crippen LogP contribution < -0.4 is 0 Å². The van der Waals surface area contributed by atoms with E-state index in [1.165, 1.54) is 18.2 Å². The van der Waals surface area contributed by atoms with Crippen molar-refractivity contribution in [3.05, 3.63) is 42.0 Å². The zero-order chi connectivity index (χ0) is 11.4. The highest BCUT2D eigenvalue weighted by Crippen LogP contribution is 2.18. The van der Waals surface area contributed by atoms with Crippen LogP contribution in [-0.2, 0) is 9.59 Å². The van der Waals surface area contributed by atoms with Gasteiger partial charge in [0, 0.05) is 0 Å². The Balaban J connectivity index is 3.16. The van der Waals surface area contributed by atoms with E-state index < -0.39 is 17.9 Å². The Morgan fingerprint density at radius 2 is 1.87 bits per heavy atom. The number of hydrogen-bond donors (Lipinski definition) is 2. The molecule has 0 bridgehead atoms. The van der Waals surface area contributed by atoms with Crippen molar-refractivity contribution in [3.8, 4) is 0 Å². The third-order valence-corrected chi connectivity index (χ3v) is 1.97. The molecule has 1 aromatic rings. The van der Waals surface area contributed by atoms with Crippen molar-refractivity contribution in [2.45, 2.75) is 5.92 Å². The standard InChI is InChI=1S/C11H10O4/c1-2-7-4-3-5-8(6-7)9(10(12)13)11(14)15/h2-6,9H,1H2,(H,12,13)(H,14,15). The minimum atomic E-state index is -1.52. The molecule has 0 aromatic heterocycles. The van der Waals surface area contributed by atoms with Crippen LogP contribution in [0.25, 0.3) is 6.08 Å². The molecule has 15 heavy (non-hydrogen) atoms. The van der Waals surface area contributed by atoms with Gasteiger partial charge in [0.1, 0.15) is 0 Å². The molecule has 2 N–H and O–H groups in total. The number of carboxylic acid groups (broad SMARTS) is 2. The van der Waals surface area contributed by atoms with E-state index >= 15 is 0 Å². The number of carbonyl (C=O) groups is 2. The van der Waals surface area contributed by atoms with Gasteiger partial charge in [-0.05, 0) is 11.1 Å². The van der Waals surface area contributed by atoms with Crippen LogP contribution in [-0.4, -0.2) is 22.2 Å². The maximum atomic E-state index is 10.7. The molecule has 0 unspecified atom stereocenters. The average Bonchev–Trinajstić information content (AvgIpc) is 2.17. The molecule has 0 amide bonds. The summed E-state index contributed by atoms with van der Waals surface area (Å²) in [5.74, 6) is -4.27. The van der Waals surface area contributed by atoms with E-state index in [0.717, 1.165) is 0 Å². The summed E-state index contributed by atoms with van der Waals surface area (Å²) in [4.78, 5) is 21.5. The number of hydrogen-bond acceptors (Lipinski definition) is 2. The zero-order valence-electron chi connectivity index (χ0n) is 7.88. The van der Waals surface area contributed by atoms with Crippen molar-refractivity contribution < 1.29 is 19.8 Å². The van der Waals surface area contributed by atoms with Gasteiger partial charge in [0.2, 0.25) is 0 Å². The van der Waals surface area contributed by atoms with E-state index in [2.05, 4.69) is 6.58 Å². The molecule has 0 heterocycles. The quantitative estimate of drug-likeness (QED) is 0.733. The molecule has 0 atom stereocenters. The Morgan fingerprint density at radius 3 is 2.33 bits per heavy atom. The first-order chi connectivity index (χ1) is 7.06. The van der Waals surface area contributed by atoms with Gasteiger partial charge in [-0.25, -0.2) is 0 Å². The fourth-order valence-electron chi connectivity index (χ4n) is 1.26. The topological polar surface area (TPSA) is 74.6 Å². The predicted octanol–water partition coefficient (Wildman–Crippen LogP) is 1.58. The Bertz CT molecular complexity index is 395. The van der Waals surface area contributed by atoms with E-state index in [0.29, 0.717) is 5.56 Å². The predicted molar refractivity (Wildman–Crippen MR) is 54.5 cm³/mol. The van der Waals surface area contributed by atoms with Crippen LogP contribution in [0.15, 0.2) is 30.8 Å². The maximum Gasteiger partial charge on any atom is 0.322 e. The molecule has 0 aliphatic carbocycles. The van der Waals surface area contributed by atoms with E-state index in [4.69, 9.17) is 10.2 Å². The first-order valence-corrected chi connectivity index (χ1v) is 4.24. The number of carboxylic acids is 2. The molecule has 0 aliphatic heterocycles. The molecule has 0 saturated carbocycles. The molecular weight excluding hydrogens is 196 g/mol. The van der Waals surface area contributed by atoms with Crippen molar-refractivity contribution >= 4 is 18.0 Å². The lowest BCUT2D eigenvalue weighted by Gasteiger charge is -2.07. The second-order valence-electron chi connectivity index (χ2n) is 2.98. The summed E-state index contributed by atoms with van der Waals surface area (Å²) in [6, 6.07) is 6.29. The van der Waals surface area contributed by atoms with Gasteiger partial charge in [-0.3, -0.25) is 9.59 Å². The van der Waals surface area contributed by atoms with Gasteiger partial charge in [-0.1, -0.05) is 36.9 Å². The van der Waals surface area contributed by atoms with E-state index in [1.54, 1.807) is 12.1 Å². The van der Waals surface area contributed by atoms with Crippen molar-refractivity contribution in [3.63, 3.8) is 0 Å². The third kappa shape index (κ3) is 2.43. The van der Waals surface area contributed by atoms with Gasteiger partial charge in [-0.2, -0.15) is 0 Å². The van der Waals surface area contributed by atoms with Gasteiger partial charge in [-0.15, -0.1) is 0 Å². The molecule has 4 nitrogen and oxygen atoms in total. The summed E-state index contributed by atoms with van der Waals surface area (Å²) in [5.41, 5.74) is 0.937. The summed E-state index contributed by atoms with van der Waals surface area (Å²) < 4.78 is 0. The molecule has 1 aromatic carbocycles. The lowest BCUT2D eigenvalue weighted by Crippen LogP contribution is -2.20. The van der Waals surface area contributed by atoms with Crippen molar-refractivity contribution in [2.75, 3.05) is 0 Å². The van der Waals surface area contributed by atoms with E-state index in [9.17, 15) is 9.59 Å². The molecule has 0 aliphatic rings.